The number of hydrogen-bond acceptors (Lipinski definition) is 5. The van der Waals surface area contributed by atoms with Crippen molar-refractivity contribution < 1.29 is 9.53 Å². The Morgan fingerprint density at radius 2 is 2.00 bits per heavy atom. The normalized spacial score (nSPS) is 11.1. The molecule has 1 aromatic heterocycles. The van der Waals surface area contributed by atoms with Gasteiger partial charge in [0, 0.05) is 27.1 Å². The Kier molecular flexibility index (Phi) is 8.62. The zero-order valence-corrected chi connectivity index (χ0v) is 19.3. The summed E-state index contributed by atoms with van der Waals surface area (Å²) in [7, 11) is 0. The summed E-state index contributed by atoms with van der Waals surface area (Å²) in [4.78, 5) is 16.9. The van der Waals surface area contributed by atoms with Crippen molar-refractivity contribution in [2.24, 2.45) is 5.10 Å². The second-order valence-corrected chi connectivity index (χ2v) is 8.62. The van der Waals surface area contributed by atoms with Crippen molar-refractivity contribution in [1.82, 2.24) is 10.4 Å². The van der Waals surface area contributed by atoms with Gasteiger partial charge in [-0.25, -0.2) is 10.4 Å². The van der Waals surface area contributed by atoms with Crippen LogP contribution in [0.1, 0.15) is 53.5 Å². The molecule has 3 aromatic rings. The molecule has 31 heavy (non-hydrogen) atoms. The highest BCUT2D eigenvalue weighted by Crippen LogP contribution is 2.23. The minimum absolute atomic E-state index is 0.290. The van der Waals surface area contributed by atoms with Gasteiger partial charge in [0.1, 0.15) is 5.75 Å². The van der Waals surface area contributed by atoms with Crippen LogP contribution in [0.5, 0.6) is 5.75 Å². The third-order valence-electron chi connectivity index (χ3n) is 4.66. The molecule has 0 unspecified atom stereocenters. The second kappa shape index (κ2) is 11.6. The summed E-state index contributed by atoms with van der Waals surface area (Å²) >= 11 is 7.71. The average Bonchev–Trinajstić information content (AvgIpc) is 3.21. The first-order valence-electron chi connectivity index (χ1n) is 10.3. The molecule has 7 heteroatoms. The maximum atomic E-state index is 12.4. The highest BCUT2D eigenvalue weighted by Gasteiger charge is 2.07. The molecule has 1 heterocycles. The van der Waals surface area contributed by atoms with Crippen LogP contribution in [0.4, 0.5) is 0 Å². The van der Waals surface area contributed by atoms with E-state index in [0.29, 0.717) is 22.9 Å². The smallest absolute Gasteiger partial charge is 0.271 e. The summed E-state index contributed by atoms with van der Waals surface area (Å²) in [5.41, 5.74) is 5.69. The largest absolute Gasteiger partial charge is 0.493 e. The van der Waals surface area contributed by atoms with Gasteiger partial charge >= 0.3 is 0 Å². The minimum Gasteiger partial charge on any atom is -0.493 e. The lowest BCUT2D eigenvalue weighted by Gasteiger charge is -2.09. The Bertz CT molecular complexity index is 1030. The Morgan fingerprint density at radius 1 is 1.19 bits per heavy atom. The molecule has 162 valence electrons. The van der Waals surface area contributed by atoms with Gasteiger partial charge < -0.3 is 4.74 Å². The first kappa shape index (κ1) is 23.0. The summed E-state index contributed by atoms with van der Waals surface area (Å²) in [5, 5.41) is 7.68. The first-order valence-corrected chi connectivity index (χ1v) is 11.6. The van der Waals surface area contributed by atoms with Crippen molar-refractivity contribution in [2.45, 2.75) is 39.5 Å². The lowest BCUT2D eigenvalue weighted by molar-refractivity contribution is 0.0955. The number of aryl methyl sites for hydroxylation is 1. The summed E-state index contributed by atoms with van der Waals surface area (Å²) in [6.07, 6.45) is 6.09. The number of benzene rings is 2. The topological polar surface area (TPSA) is 63.6 Å². The molecule has 0 radical (unpaired) electrons. The molecule has 2 aromatic carbocycles. The maximum Gasteiger partial charge on any atom is 0.271 e. The van der Waals surface area contributed by atoms with Gasteiger partial charge in [-0.2, -0.15) is 5.10 Å². The summed E-state index contributed by atoms with van der Waals surface area (Å²) in [6, 6.07) is 12.7. The Morgan fingerprint density at radius 3 is 2.71 bits per heavy atom. The van der Waals surface area contributed by atoms with E-state index in [1.807, 2.05) is 30.5 Å². The number of unbranched alkanes of at least 4 members (excludes halogenated alkanes) is 3. The molecule has 0 aliphatic heterocycles. The van der Waals surface area contributed by atoms with E-state index in [2.05, 4.69) is 22.4 Å². The van der Waals surface area contributed by atoms with Crippen molar-refractivity contribution in [3.05, 3.63) is 69.0 Å². The van der Waals surface area contributed by atoms with Crippen LogP contribution in [0.3, 0.4) is 0 Å². The molecule has 0 aliphatic carbocycles. The van der Waals surface area contributed by atoms with Gasteiger partial charge in [-0.15, -0.1) is 11.3 Å². The van der Waals surface area contributed by atoms with Crippen molar-refractivity contribution in [2.75, 3.05) is 6.61 Å². The third kappa shape index (κ3) is 6.91. The molecule has 1 N–H and O–H groups in total. The van der Waals surface area contributed by atoms with Crippen molar-refractivity contribution >= 4 is 35.1 Å². The van der Waals surface area contributed by atoms with Crippen molar-refractivity contribution in [1.29, 1.82) is 0 Å². The molecule has 1 amide bonds. The fraction of sp³-hybridized carbons (Fsp3) is 0.292. The Labute approximate surface area is 192 Å². The Balaban J connectivity index is 1.59. The first-order chi connectivity index (χ1) is 15.1. The van der Waals surface area contributed by atoms with Crippen LogP contribution in [0.25, 0.3) is 11.3 Å². The highest BCUT2D eigenvalue weighted by molar-refractivity contribution is 7.09. The van der Waals surface area contributed by atoms with Crippen LogP contribution in [0, 0.1) is 6.92 Å². The van der Waals surface area contributed by atoms with Crippen LogP contribution < -0.4 is 10.2 Å². The van der Waals surface area contributed by atoms with Crippen molar-refractivity contribution in [3.8, 4) is 17.0 Å². The molecular weight excluding hydrogens is 430 g/mol. The molecule has 0 aliphatic rings. The molecule has 3 rings (SSSR count). The number of amides is 1. The molecule has 0 atom stereocenters. The number of nitrogens with zero attached hydrogens (tertiary/aromatic N) is 2. The van der Waals surface area contributed by atoms with E-state index >= 15 is 0 Å². The van der Waals surface area contributed by atoms with E-state index in [9.17, 15) is 4.79 Å². The number of halogens is 1. The number of ether oxygens (including phenoxy) is 1. The van der Waals surface area contributed by atoms with E-state index in [0.717, 1.165) is 34.7 Å². The van der Waals surface area contributed by atoms with Crippen LogP contribution in [0.2, 0.25) is 5.02 Å². The molecule has 0 bridgehead atoms. The number of hydrazone groups is 1. The summed E-state index contributed by atoms with van der Waals surface area (Å²) in [6.45, 7) is 4.79. The van der Waals surface area contributed by atoms with Gasteiger partial charge in [-0.1, -0.05) is 49.9 Å². The standard InChI is InChI=1S/C24H26ClN3O2S/c1-3-4-5-6-13-30-23-12-11-21(25)14-20(23)15-26-28-24(29)19-9-7-18(8-10-19)22-16-31-17(2)27-22/h7-12,14-16H,3-6,13H2,1-2H3,(H,28,29)/b26-15+. The van der Waals surface area contributed by atoms with Crippen LogP contribution in [-0.2, 0) is 0 Å². The third-order valence-corrected chi connectivity index (χ3v) is 5.67. The van der Waals surface area contributed by atoms with E-state index < -0.39 is 0 Å². The zero-order chi connectivity index (χ0) is 22.1. The van der Waals surface area contributed by atoms with E-state index in [4.69, 9.17) is 16.3 Å². The van der Waals surface area contributed by atoms with Gasteiger partial charge in [-0.05, 0) is 43.7 Å². The number of nitrogens with one attached hydrogen (secondary N) is 1. The SMILES string of the molecule is CCCCCCOc1ccc(Cl)cc1/C=N/NC(=O)c1ccc(-c2csc(C)n2)cc1. The van der Waals surface area contributed by atoms with Crippen molar-refractivity contribution in [3.63, 3.8) is 0 Å². The van der Waals surface area contributed by atoms with Gasteiger partial charge in [0.25, 0.3) is 5.91 Å². The fourth-order valence-corrected chi connectivity index (χ4v) is 3.78. The van der Waals surface area contributed by atoms with E-state index in [-0.39, 0.29) is 5.91 Å². The number of rotatable bonds is 10. The fourth-order valence-electron chi connectivity index (χ4n) is 2.98. The molecule has 0 spiro atoms. The van der Waals surface area contributed by atoms with Crippen LogP contribution in [-0.4, -0.2) is 23.7 Å². The quantitative estimate of drug-likeness (QED) is 0.216. The second-order valence-electron chi connectivity index (χ2n) is 7.12. The molecule has 0 fully saturated rings. The number of thiazole rings is 1. The monoisotopic (exact) mass is 455 g/mol. The molecule has 5 nitrogen and oxygen atoms in total. The molecular formula is C24H26ClN3O2S. The molecule has 0 saturated carbocycles. The number of hydrogen-bond donors (Lipinski definition) is 1. The van der Waals surface area contributed by atoms with E-state index in [1.165, 1.54) is 12.8 Å². The summed E-state index contributed by atoms with van der Waals surface area (Å²) < 4.78 is 5.87. The highest BCUT2D eigenvalue weighted by atomic mass is 35.5. The van der Waals surface area contributed by atoms with E-state index in [1.54, 1.807) is 41.8 Å². The minimum atomic E-state index is -0.290. The predicted octanol–water partition coefficient (Wildman–Crippen LogP) is 6.49. The van der Waals surface area contributed by atoms with Gasteiger partial charge in [0.05, 0.1) is 23.5 Å². The lowest BCUT2D eigenvalue weighted by Crippen LogP contribution is -2.17. The number of carbonyl (C=O) groups is 1. The Hall–Kier alpha value is -2.70. The van der Waals surface area contributed by atoms with Crippen LogP contribution >= 0.6 is 22.9 Å². The number of carbonyl (C=O) groups excluding carboxylic acids is 1. The number of aromatic nitrogens is 1. The van der Waals surface area contributed by atoms with Gasteiger partial charge in [0.2, 0.25) is 0 Å². The predicted molar refractivity (Wildman–Crippen MR) is 128 cm³/mol. The lowest BCUT2D eigenvalue weighted by atomic mass is 10.1. The van der Waals surface area contributed by atoms with Gasteiger partial charge in [-0.3, -0.25) is 4.79 Å². The maximum absolute atomic E-state index is 12.4. The van der Waals surface area contributed by atoms with Crippen LogP contribution in [0.15, 0.2) is 52.9 Å². The summed E-state index contributed by atoms with van der Waals surface area (Å²) in [5.74, 6) is 0.406. The molecule has 0 saturated heterocycles. The average molecular weight is 456 g/mol. The van der Waals surface area contributed by atoms with Gasteiger partial charge in [0.15, 0.2) is 0 Å². The zero-order valence-electron chi connectivity index (χ0n) is 17.7.